The van der Waals surface area contributed by atoms with Crippen molar-refractivity contribution >= 4 is 46.2 Å². The molecule has 1 fully saturated rings. The van der Waals surface area contributed by atoms with Crippen LogP contribution in [-0.4, -0.2) is 23.9 Å². The number of para-hydroxylation sites is 1. The molecule has 5 rings (SSSR count). The fraction of sp³-hybridized carbons (Fsp3) is 0.200. The highest BCUT2D eigenvalue weighted by Gasteiger charge is 2.59. The lowest BCUT2D eigenvalue weighted by Crippen LogP contribution is -2.72. The molecule has 0 radical (unpaired) electrons. The number of rotatable bonds is 4. The summed E-state index contributed by atoms with van der Waals surface area (Å²) >= 11 is 11.8. The van der Waals surface area contributed by atoms with Crippen LogP contribution in [0.3, 0.4) is 0 Å². The molecular weight excluding hydrogens is 458 g/mol. The second kappa shape index (κ2) is 8.24. The van der Waals surface area contributed by atoms with E-state index in [0.717, 1.165) is 11.3 Å². The van der Waals surface area contributed by atoms with E-state index in [1.54, 1.807) is 31.4 Å². The molecule has 0 aromatic heterocycles. The van der Waals surface area contributed by atoms with Crippen molar-refractivity contribution in [3.05, 3.63) is 83.4 Å². The van der Waals surface area contributed by atoms with Gasteiger partial charge in [0.2, 0.25) is 5.91 Å². The SMILES string of the molecule is COc1ccc2c(c1)C1NC(=S)N(c3ccccc3)C(C)(O2)C1C(=O)Nc1ccc(Cl)cc1. The number of hydrogen-bond acceptors (Lipinski definition) is 4. The van der Waals surface area contributed by atoms with Crippen LogP contribution in [0, 0.1) is 5.92 Å². The number of methoxy groups -OCH3 is 1. The first-order chi connectivity index (χ1) is 15.9. The molecule has 3 unspecified atom stereocenters. The summed E-state index contributed by atoms with van der Waals surface area (Å²) < 4.78 is 12.0. The predicted molar refractivity (Wildman–Crippen MR) is 133 cm³/mol. The molecule has 2 aliphatic heterocycles. The third-order valence-corrected chi connectivity index (χ3v) is 6.67. The minimum absolute atomic E-state index is 0.200. The molecule has 3 aromatic carbocycles. The van der Waals surface area contributed by atoms with Crippen LogP contribution in [0.2, 0.25) is 5.02 Å². The van der Waals surface area contributed by atoms with Gasteiger partial charge in [-0.1, -0.05) is 29.8 Å². The van der Waals surface area contributed by atoms with Crippen molar-refractivity contribution in [1.29, 1.82) is 0 Å². The first-order valence-electron chi connectivity index (χ1n) is 10.5. The molecule has 2 aliphatic rings. The van der Waals surface area contributed by atoms with Gasteiger partial charge >= 0.3 is 0 Å². The summed E-state index contributed by atoms with van der Waals surface area (Å²) in [4.78, 5) is 15.6. The van der Waals surface area contributed by atoms with Gasteiger partial charge in [0.15, 0.2) is 10.8 Å². The molecule has 2 heterocycles. The monoisotopic (exact) mass is 479 g/mol. The first kappa shape index (κ1) is 21.6. The summed E-state index contributed by atoms with van der Waals surface area (Å²) in [6.07, 6.45) is 0. The molecule has 168 valence electrons. The third-order valence-electron chi connectivity index (χ3n) is 6.11. The number of halogens is 1. The number of carbonyl (C=O) groups is 1. The summed E-state index contributed by atoms with van der Waals surface area (Å²) in [5.41, 5.74) is 1.22. The van der Waals surface area contributed by atoms with Gasteiger partial charge < -0.3 is 20.1 Å². The normalized spacial score (nSPS) is 23.1. The van der Waals surface area contributed by atoms with Crippen LogP contribution in [0.1, 0.15) is 18.5 Å². The van der Waals surface area contributed by atoms with Crippen molar-refractivity contribution in [1.82, 2.24) is 5.32 Å². The number of benzene rings is 3. The zero-order valence-corrected chi connectivity index (χ0v) is 19.6. The highest BCUT2D eigenvalue weighted by Crippen LogP contribution is 2.50. The van der Waals surface area contributed by atoms with Gasteiger partial charge in [-0.15, -0.1) is 0 Å². The lowest BCUT2D eigenvalue weighted by atomic mass is 9.78. The lowest BCUT2D eigenvalue weighted by molar-refractivity contribution is -0.130. The van der Waals surface area contributed by atoms with E-state index in [0.29, 0.717) is 27.3 Å². The standard InChI is InChI=1S/C25H22ClN3O3S/c1-25-21(23(30)27-16-10-8-15(26)9-11-16)22(19-14-18(31-2)12-13-20(19)32-25)28-24(33)29(25)17-6-4-3-5-7-17/h3-14,21-22H,1-2H3,(H,27,30)(H,28,33). The molecule has 1 saturated heterocycles. The maximum absolute atomic E-state index is 13.8. The van der Waals surface area contributed by atoms with Gasteiger partial charge in [-0.3, -0.25) is 9.69 Å². The van der Waals surface area contributed by atoms with Crippen molar-refractivity contribution in [3.63, 3.8) is 0 Å². The molecule has 0 spiro atoms. The summed E-state index contributed by atoms with van der Waals surface area (Å²) in [6.45, 7) is 1.90. The van der Waals surface area contributed by atoms with Crippen LogP contribution in [0.5, 0.6) is 11.5 Å². The molecular formula is C25H22ClN3O3S. The summed E-state index contributed by atoms with van der Waals surface area (Å²) in [5, 5.41) is 7.50. The smallest absolute Gasteiger partial charge is 0.236 e. The van der Waals surface area contributed by atoms with E-state index in [9.17, 15) is 4.79 Å². The van der Waals surface area contributed by atoms with Crippen LogP contribution in [0.15, 0.2) is 72.8 Å². The Kier molecular flexibility index (Phi) is 5.38. The lowest BCUT2D eigenvalue weighted by Gasteiger charge is -2.56. The molecule has 2 bridgehead atoms. The van der Waals surface area contributed by atoms with E-state index in [-0.39, 0.29) is 5.91 Å². The van der Waals surface area contributed by atoms with Gasteiger partial charge in [-0.2, -0.15) is 0 Å². The Morgan fingerprint density at radius 3 is 2.58 bits per heavy atom. The second-order valence-corrected chi connectivity index (χ2v) is 8.96. The van der Waals surface area contributed by atoms with Crippen molar-refractivity contribution in [2.24, 2.45) is 5.92 Å². The van der Waals surface area contributed by atoms with E-state index in [2.05, 4.69) is 10.6 Å². The molecule has 2 N–H and O–H groups in total. The Balaban J connectivity index is 1.62. The minimum atomic E-state index is -1.08. The molecule has 0 saturated carbocycles. The highest BCUT2D eigenvalue weighted by molar-refractivity contribution is 7.80. The van der Waals surface area contributed by atoms with Crippen molar-refractivity contribution in [2.75, 3.05) is 17.3 Å². The van der Waals surface area contributed by atoms with E-state index in [1.165, 1.54) is 0 Å². The molecule has 3 aromatic rings. The van der Waals surface area contributed by atoms with Gasteiger partial charge in [0.1, 0.15) is 17.4 Å². The summed E-state index contributed by atoms with van der Waals surface area (Å²) in [5.74, 6) is 0.514. The molecule has 6 nitrogen and oxygen atoms in total. The zero-order chi connectivity index (χ0) is 23.2. The number of anilines is 2. The van der Waals surface area contributed by atoms with E-state index < -0.39 is 17.7 Å². The summed E-state index contributed by atoms with van der Waals surface area (Å²) in [7, 11) is 1.61. The Morgan fingerprint density at radius 2 is 1.88 bits per heavy atom. The van der Waals surface area contributed by atoms with Crippen LogP contribution >= 0.6 is 23.8 Å². The third kappa shape index (κ3) is 3.67. The molecule has 33 heavy (non-hydrogen) atoms. The van der Waals surface area contributed by atoms with Crippen molar-refractivity contribution in [3.8, 4) is 11.5 Å². The first-order valence-corrected chi connectivity index (χ1v) is 11.3. The Morgan fingerprint density at radius 1 is 1.15 bits per heavy atom. The minimum Gasteiger partial charge on any atom is -0.497 e. The number of carbonyl (C=O) groups excluding carboxylic acids is 1. The topological polar surface area (TPSA) is 62.8 Å². The van der Waals surface area contributed by atoms with E-state index in [1.807, 2.05) is 60.4 Å². The van der Waals surface area contributed by atoms with Gasteiger partial charge in [-0.25, -0.2) is 0 Å². The highest BCUT2D eigenvalue weighted by atomic mass is 35.5. The average Bonchev–Trinajstić information content (AvgIpc) is 2.80. The van der Waals surface area contributed by atoms with Crippen molar-refractivity contribution < 1.29 is 14.3 Å². The number of fused-ring (bicyclic) bond motifs is 4. The number of amides is 1. The Labute approximate surface area is 202 Å². The second-order valence-electron chi connectivity index (χ2n) is 8.13. The van der Waals surface area contributed by atoms with Crippen LogP contribution in [-0.2, 0) is 4.79 Å². The molecule has 0 aliphatic carbocycles. The maximum Gasteiger partial charge on any atom is 0.236 e. The van der Waals surface area contributed by atoms with E-state index in [4.69, 9.17) is 33.3 Å². The van der Waals surface area contributed by atoms with Crippen LogP contribution in [0.25, 0.3) is 0 Å². The number of hydrogen-bond donors (Lipinski definition) is 2. The van der Waals surface area contributed by atoms with Crippen LogP contribution in [0.4, 0.5) is 11.4 Å². The maximum atomic E-state index is 13.8. The average molecular weight is 480 g/mol. The zero-order valence-electron chi connectivity index (χ0n) is 18.0. The molecule has 3 atom stereocenters. The quantitative estimate of drug-likeness (QED) is 0.505. The Hall–Kier alpha value is -3.29. The van der Waals surface area contributed by atoms with Gasteiger partial charge in [-0.05, 0) is 73.7 Å². The van der Waals surface area contributed by atoms with Gasteiger partial charge in [0.05, 0.1) is 13.2 Å². The predicted octanol–water partition coefficient (Wildman–Crippen LogP) is 5.15. The van der Waals surface area contributed by atoms with E-state index >= 15 is 0 Å². The number of nitrogens with zero attached hydrogens (tertiary/aromatic N) is 1. The number of nitrogens with one attached hydrogen (secondary N) is 2. The fourth-order valence-electron chi connectivity index (χ4n) is 4.61. The largest absolute Gasteiger partial charge is 0.497 e. The fourth-order valence-corrected chi connectivity index (χ4v) is 5.15. The van der Waals surface area contributed by atoms with Gasteiger partial charge in [0.25, 0.3) is 0 Å². The summed E-state index contributed by atoms with van der Waals surface area (Å²) in [6, 6.07) is 21.9. The van der Waals surface area contributed by atoms with Crippen LogP contribution < -0.4 is 25.0 Å². The van der Waals surface area contributed by atoms with Gasteiger partial charge in [0, 0.05) is 22.0 Å². The number of ether oxygens (including phenoxy) is 2. The number of thiocarbonyl (C=S) groups is 1. The Bertz CT molecular complexity index is 1220. The molecule has 1 amide bonds. The van der Waals surface area contributed by atoms with Crippen molar-refractivity contribution in [2.45, 2.75) is 18.7 Å². The molecule has 8 heteroatoms.